The Bertz CT molecular complexity index is 1370. The van der Waals surface area contributed by atoms with Gasteiger partial charge in [-0.05, 0) is 35.5 Å². The summed E-state index contributed by atoms with van der Waals surface area (Å²) in [6.07, 6.45) is 0. The van der Waals surface area contributed by atoms with Crippen molar-refractivity contribution in [1.82, 2.24) is 0 Å². The molecule has 2 aromatic rings. The zero-order chi connectivity index (χ0) is 28.2. The Morgan fingerprint density at radius 1 is 0.553 bits per heavy atom. The molecule has 8 nitrogen and oxygen atoms in total. The lowest BCUT2D eigenvalue weighted by molar-refractivity contribution is -0.407. The largest absolute Gasteiger partial charge is 1.00 e. The molecule has 0 fully saturated rings. The first-order chi connectivity index (χ1) is 16.7. The maximum Gasteiger partial charge on any atom is 0.447 e. The topological polar surface area (TPSA) is 117 Å². The van der Waals surface area contributed by atoms with Gasteiger partial charge in [-0.15, -0.1) is 64.9 Å². The van der Waals surface area contributed by atoms with Crippen LogP contribution in [0.4, 0.5) is 53.3 Å². The van der Waals surface area contributed by atoms with E-state index < -0.39 is 45.8 Å². The molecule has 0 aliphatic carbocycles. The molecule has 4 N–H and O–H groups in total. The molecule has 0 radical (unpaired) electrons. The van der Waals surface area contributed by atoms with E-state index in [1.807, 2.05) is 43.9 Å². The molecule has 216 valence electrons. The van der Waals surface area contributed by atoms with Crippen LogP contribution in [-0.2, 0) is 0 Å². The Kier molecular flexibility index (Phi) is 12.5. The minimum Gasteiger partial charge on any atom is -1.00 e. The second-order valence-corrected chi connectivity index (χ2v) is 17.9. The fourth-order valence-corrected chi connectivity index (χ4v) is 13.9. The molecule has 2 aliphatic heterocycles. The maximum absolute atomic E-state index is 14.0. The minimum absolute atomic E-state index is 0. The third kappa shape index (κ3) is 13.2. The van der Waals surface area contributed by atoms with Crippen LogP contribution in [0, 0.1) is 0 Å². The molecular weight excluding hydrogens is 703 g/mol. The predicted molar refractivity (Wildman–Crippen MR) is 132 cm³/mol. The molecule has 26 heteroatoms. The molecule has 4 rings (SSSR count). The number of hydrogen-bond donors (Lipinski definition) is 2. The van der Waals surface area contributed by atoms with Crippen LogP contribution >= 0.6 is 57.1 Å². The van der Waals surface area contributed by atoms with E-state index in [2.05, 4.69) is 20.3 Å². The first-order valence-corrected chi connectivity index (χ1v) is 19.0. The highest BCUT2D eigenvalue weighted by Crippen LogP contribution is 2.83. The van der Waals surface area contributed by atoms with Crippen molar-refractivity contribution < 1.29 is 59.5 Å². The monoisotopic (exact) mass is 716 g/mol. The first kappa shape index (κ1) is 35.5. The fraction of sp³-hybridized carbons (Fsp3) is 0. The van der Waals surface area contributed by atoms with Crippen LogP contribution in [0.1, 0.15) is 0 Å². The van der Waals surface area contributed by atoms with Crippen molar-refractivity contribution in [1.29, 1.82) is 0 Å². The van der Waals surface area contributed by atoms with Crippen molar-refractivity contribution in [2.24, 2.45) is 27.1 Å². The SMILES string of the molecule is FP1(F)=NP(F)(F)=NP(F)(Cl)=N1.FP1(F)=NP(F)(F)=NP(F)([NH2+]c2ccccc2)=N1.Nc1ccccc1.[Cl-]. The van der Waals surface area contributed by atoms with Crippen LogP contribution in [-0.4, -0.2) is 0 Å². The number of nitrogen functional groups attached to an aromatic ring is 1. The lowest BCUT2D eigenvalue weighted by atomic mass is 10.3. The summed E-state index contributed by atoms with van der Waals surface area (Å²) in [5, 5.41) is 0.642. The Morgan fingerprint density at radius 3 is 1.32 bits per heavy atom. The Hall–Kier alpha value is -0.540. The van der Waals surface area contributed by atoms with Gasteiger partial charge in [0.25, 0.3) is 0 Å². The van der Waals surface area contributed by atoms with Crippen LogP contribution < -0.4 is 23.2 Å². The Labute approximate surface area is 221 Å². The molecule has 2 aromatic carbocycles. The molecule has 0 saturated heterocycles. The summed E-state index contributed by atoms with van der Waals surface area (Å²) < 4.78 is 140. The number of nitrogens with two attached hydrogens (primary N) is 2. The van der Waals surface area contributed by atoms with Crippen LogP contribution in [0.25, 0.3) is 0 Å². The van der Waals surface area contributed by atoms with Crippen LogP contribution in [0.2, 0.25) is 0 Å². The summed E-state index contributed by atoms with van der Waals surface area (Å²) in [7, 11) is -27.1. The minimum atomic E-state index is -5.62. The van der Waals surface area contributed by atoms with Gasteiger partial charge >= 0.3 is 45.8 Å². The van der Waals surface area contributed by atoms with Gasteiger partial charge < -0.3 is 18.1 Å². The summed E-state index contributed by atoms with van der Waals surface area (Å²) in [5.41, 5.74) is 6.36. The van der Waals surface area contributed by atoms with Gasteiger partial charge in [0.2, 0.25) is 0 Å². The van der Waals surface area contributed by atoms with Gasteiger partial charge in [0, 0.05) is 5.69 Å². The van der Waals surface area contributed by atoms with Gasteiger partial charge in [-0.1, -0.05) is 36.4 Å². The molecule has 0 amide bonds. The van der Waals surface area contributed by atoms with Crippen molar-refractivity contribution in [3.63, 3.8) is 0 Å². The average molecular weight is 717 g/mol. The lowest BCUT2D eigenvalue weighted by Gasteiger charge is -2.13. The number of quaternary nitrogens is 1. The van der Waals surface area contributed by atoms with E-state index in [1.165, 1.54) is 24.3 Å². The second-order valence-electron chi connectivity index (χ2n) is 6.33. The van der Waals surface area contributed by atoms with E-state index in [0.717, 1.165) is 5.69 Å². The van der Waals surface area contributed by atoms with Gasteiger partial charge in [0.15, 0.2) is 0 Å². The highest BCUT2D eigenvalue weighted by atomic mass is 35.7. The van der Waals surface area contributed by atoms with E-state index in [9.17, 15) is 42.0 Å². The summed E-state index contributed by atoms with van der Waals surface area (Å²) in [4.78, 5) is 0. The molecule has 2 atom stereocenters. The summed E-state index contributed by atoms with van der Waals surface area (Å²) in [6, 6.07) is 16.9. The number of hydrogen-bond acceptors (Lipinski definition) is 7. The third-order valence-corrected chi connectivity index (χ3v) is 15.7. The number of halogens is 12. The zero-order valence-electron chi connectivity index (χ0n) is 17.8. The summed E-state index contributed by atoms with van der Waals surface area (Å²) >= 11 is 4.59. The van der Waals surface area contributed by atoms with Gasteiger partial charge in [0.1, 0.15) is 5.69 Å². The van der Waals surface area contributed by atoms with E-state index >= 15 is 0 Å². The molecule has 38 heavy (non-hydrogen) atoms. The van der Waals surface area contributed by atoms with Crippen molar-refractivity contribution in [2.45, 2.75) is 0 Å². The molecule has 2 aliphatic rings. The van der Waals surface area contributed by atoms with Gasteiger partial charge in [-0.2, -0.15) is 4.20 Å². The van der Waals surface area contributed by atoms with Gasteiger partial charge in [-0.25, -0.2) is 5.09 Å². The number of nitrogens with zero attached hydrogens (tertiary/aromatic N) is 6. The fourth-order valence-electron chi connectivity index (χ4n) is 2.16. The molecule has 0 saturated carbocycles. The lowest BCUT2D eigenvalue weighted by Crippen LogP contribution is -3.00. The van der Waals surface area contributed by atoms with Crippen LogP contribution in [0.5, 0.6) is 0 Å². The molecule has 0 spiro atoms. The van der Waals surface area contributed by atoms with Crippen LogP contribution in [0.15, 0.2) is 87.8 Å². The highest BCUT2D eigenvalue weighted by molar-refractivity contribution is 7.93. The average Bonchev–Trinajstić information content (AvgIpc) is 2.63. The highest BCUT2D eigenvalue weighted by Gasteiger charge is 2.42. The van der Waals surface area contributed by atoms with E-state index in [-0.39, 0.29) is 18.1 Å². The number of rotatable bonds is 2. The van der Waals surface area contributed by atoms with E-state index in [0.29, 0.717) is 5.09 Å². The molecule has 0 aromatic heterocycles. The summed E-state index contributed by atoms with van der Waals surface area (Å²) in [5.74, 6) is 0. The standard InChI is InChI=1S/C6H6F5N4P3.C6H7N.ClF5N3P3.ClH/c7-16(8)13-17(9,10)15-18(11,14-16)12-6-4-2-1-3-5-6;7-6-4-2-1-3-5-6;1-10(2)7-11(3,4)9-12(5,6)8-10;/h1-5,12H;1-5H,7H2;;1H. The first-order valence-electron chi connectivity index (χ1n) is 8.92. The van der Waals surface area contributed by atoms with Crippen molar-refractivity contribution in [3.05, 3.63) is 60.7 Å². The van der Waals surface area contributed by atoms with Crippen molar-refractivity contribution in [3.8, 4) is 0 Å². The van der Waals surface area contributed by atoms with E-state index in [1.54, 1.807) is 10.6 Å². The second kappa shape index (κ2) is 13.4. The van der Waals surface area contributed by atoms with Gasteiger partial charge in [-0.3, -0.25) is 0 Å². The van der Waals surface area contributed by atoms with Crippen molar-refractivity contribution in [2.75, 3.05) is 5.73 Å². The van der Waals surface area contributed by atoms with Gasteiger partial charge in [0.05, 0.1) is 0 Å². The van der Waals surface area contributed by atoms with E-state index in [4.69, 9.17) is 5.73 Å². The quantitative estimate of drug-likeness (QED) is 0.180. The molecule has 2 heterocycles. The number of benzene rings is 2. The van der Waals surface area contributed by atoms with Crippen molar-refractivity contribution >= 4 is 68.5 Å². The van der Waals surface area contributed by atoms with Crippen LogP contribution in [0.3, 0.4) is 0 Å². The molecule has 0 bridgehead atoms. The Balaban J connectivity index is 0.000000311. The number of para-hydroxylation sites is 1. The zero-order valence-corrected chi connectivity index (χ0v) is 24.7. The summed E-state index contributed by atoms with van der Waals surface area (Å²) in [6.45, 7) is -4.85. The number of anilines is 1. The smallest absolute Gasteiger partial charge is 0.447 e. The predicted octanol–water partition coefficient (Wildman–Crippen LogP) is 9.78. The third-order valence-electron chi connectivity index (χ3n) is 3.24. The normalized spacial score (nSPS) is 27.0. The Morgan fingerprint density at radius 2 is 0.947 bits per heavy atom. The maximum atomic E-state index is 14.0. The molecule has 2 unspecified atom stereocenters. The molecular formula is C12H14Cl2F10N8P6.